The summed E-state index contributed by atoms with van der Waals surface area (Å²) in [7, 11) is 0. The SMILES string of the molecule is O=C(Nc1cccc(Br)c1)NC(Cc1ccccc1)C(=O)Nc1nnc(-c2ccc3c(c2)OCO3)s1. The lowest BCUT2D eigenvalue weighted by atomic mass is 10.1. The molecule has 3 N–H and O–H groups in total. The van der Waals surface area contributed by atoms with Crippen LogP contribution < -0.4 is 25.4 Å². The number of fused-ring (bicyclic) bond motifs is 1. The van der Waals surface area contributed by atoms with E-state index in [-0.39, 0.29) is 6.79 Å². The number of nitrogens with one attached hydrogen (secondary N) is 3. The van der Waals surface area contributed by atoms with Gasteiger partial charge in [-0.05, 0) is 42.0 Å². The molecule has 1 aromatic heterocycles. The second kappa shape index (κ2) is 10.8. The first-order valence-corrected chi connectivity index (χ1v) is 12.6. The summed E-state index contributed by atoms with van der Waals surface area (Å²) in [6, 6.07) is 20.8. The van der Waals surface area contributed by atoms with Crippen LogP contribution in [0.5, 0.6) is 11.5 Å². The van der Waals surface area contributed by atoms with Crippen molar-refractivity contribution in [3.63, 3.8) is 0 Å². The number of amides is 3. The summed E-state index contributed by atoms with van der Waals surface area (Å²) >= 11 is 4.60. The second-order valence-corrected chi connectivity index (χ2v) is 9.71. The van der Waals surface area contributed by atoms with E-state index in [9.17, 15) is 9.59 Å². The molecule has 0 saturated heterocycles. The molecule has 0 aliphatic carbocycles. The highest BCUT2D eigenvalue weighted by atomic mass is 79.9. The van der Waals surface area contributed by atoms with E-state index in [4.69, 9.17) is 9.47 Å². The highest BCUT2D eigenvalue weighted by Crippen LogP contribution is 2.37. The Balaban J connectivity index is 1.29. The van der Waals surface area contributed by atoms with E-state index in [1.54, 1.807) is 24.3 Å². The molecule has 0 radical (unpaired) electrons. The van der Waals surface area contributed by atoms with Crippen LogP contribution in [0.4, 0.5) is 15.6 Å². The molecule has 182 valence electrons. The number of urea groups is 1. The van der Waals surface area contributed by atoms with Crippen molar-refractivity contribution < 1.29 is 19.1 Å². The molecule has 0 bridgehead atoms. The van der Waals surface area contributed by atoms with Crippen molar-refractivity contribution in [3.8, 4) is 22.1 Å². The Kier molecular flexibility index (Phi) is 7.10. The topological polar surface area (TPSA) is 114 Å². The van der Waals surface area contributed by atoms with Gasteiger partial charge in [0.15, 0.2) is 11.5 Å². The van der Waals surface area contributed by atoms with Crippen LogP contribution in [0.25, 0.3) is 10.6 Å². The van der Waals surface area contributed by atoms with Gasteiger partial charge in [-0.25, -0.2) is 4.79 Å². The van der Waals surface area contributed by atoms with Crippen molar-refractivity contribution in [2.75, 3.05) is 17.4 Å². The first-order valence-electron chi connectivity index (χ1n) is 10.9. The zero-order valence-electron chi connectivity index (χ0n) is 18.7. The molecule has 0 saturated carbocycles. The molecule has 5 rings (SSSR count). The number of hydrogen-bond acceptors (Lipinski definition) is 7. The van der Waals surface area contributed by atoms with Gasteiger partial charge >= 0.3 is 6.03 Å². The van der Waals surface area contributed by atoms with E-state index < -0.39 is 18.0 Å². The van der Waals surface area contributed by atoms with Crippen LogP contribution in [-0.4, -0.2) is 35.0 Å². The Morgan fingerprint density at radius 1 is 0.944 bits per heavy atom. The van der Waals surface area contributed by atoms with Crippen molar-refractivity contribution >= 4 is 50.0 Å². The summed E-state index contributed by atoms with van der Waals surface area (Å²) in [5, 5.41) is 17.5. The Labute approximate surface area is 219 Å². The average molecular weight is 566 g/mol. The number of benzene rings is 3. The zero-order chi connectivity index (χ0) is 24.9. The lowest BCUT2D eigenvalue weighted by Gasteiger charge is -2.18. The first-order chi connectivity index (χ1) is 17.5. The number of carbonyl (C=O) groups is 2. The smallest absolute Gasteiger partial charge is 0.319 e. The van der Waals surface area contributed by atoms with Gasteiger partial charge in [0.25, 0.3) is 0 Å². The van der Waals surface area contributed by atoms with Gasteiger partial charge in [-0.3, -0.25) is 10.1 Å². The summed E-state index contributed by atoms with van der Waals surface area (Å²) in [4.78, 5) is 25.9. The van der Waals surface area contributed by atoms with Gasteiger partial charge in [0.1, 0.15) is 11.0 Å². The van der Waals surface area contributed by atoms with Crippen molar-refractivity contribution in [2.45, 2.75) is 12.5 Å². The fourth-order valence-electron chi connectivity index (χ4n) is 3.56. The predicted octanol–water partition coefficient (Wildman–Crippen LogP) is 5.07. The Hall–Kier alpha value is -3.96. The molecule has 36 heavy (non-hydrogen) atoms. The maximum absolute atomic E-state index is 13.2. The minimum absolute atomic E-state index is 0.182. The zero-order valence-corrected chi connectivity index (χ0v) is 21.1. The largest absolute Gasteiger partial charge is 0.454 e. The predicted molar refractivity (Wildman–Crippen MR) is 140 cm³/mol. The highest BCUT2D eigenvalue weighted by Gasteiger charge is 2.23. The molecule has 3 amide bonds. The molecule has 2 heterocycles. The number of ether oxygens (including phenoxy) is 2. The third kappa shape index (κ3) is 5.81. The third-order valence-corrected chi connectivity index (χ3v) is 6.64. The van der Waals surface area contributed by atoms with E-state index >= 15 is 0 Å². The second-order valence-electron chi connectivity index (χ2n) is 7.82. The van der Waals surface area contributed by atoms with Crippen LogP contribution >= 0.6 is 27.3 Å². The minimum Gasteiger partial charge on any atom is -0.454 e. The van der Waals surface area contributed by atoms with Crippen LogP contribution in [0.2, 0.25) is 0 Å². The fraction of sp³-hybridized carbons (Fsp3) is 0.120. The fourth-order valence-corrected chi connectivity index (χ4v) is 4.71. The van der Waals surface area contributed by atoms with Gasteiger partial charge in [-0.15, -0.1) is 10.2 Å². The summed E-state index contributed by atoms with van der Waals surface area (Å²) in [6.45, 7) is 0.182. The molecular weight excluding hydrogens is 546 g/mol. The number of carbonyl (C=O) groups excluding carboxylic acids is 2. The summed E-state index contributed by atoms with van der Waals surface area (Å²) in [5.41, 5.74) is 2.29. The monoisotopic (exact) mass is 565 g/mol. The van der Waals surface area contributed by atoms with Gasteiger partial charge in [0.05, 0.1) is 0 Å². The normalized spacial score (nSPS) is 12.6. The molecule has 1 atom stereocenters. The Morgan fingerprint density at radius 3 is 2.61 bits per heavy atom. The summed E-state index contributed by atoms with van der Waals surface area (Å²) in [6.07, 6.45) is 0.298. The Bertz CT molecular complexity index is 1400. The van der Waals surface area contributed by atoms with Crippen molar-refractivity contribution in [1.82, 2.24) is 15.5 Å². The molecule has 3 aromatic carbocycles. The number of anilines is 2. The van der Waals surface area contributed by atoms with Crippen molar-refractivity contribution in [1.29, 1.82) is 0 Å². The number of rotatable bonds is 7. The molecule has 9 nitrogen and oxygen atoms in total. The summed E-state index contributed by atoms with van der Waals surface area (Å²) < 4.78 is 11.6. The molecule has 4 aromatic rings. The summed E-state index contributed by atoms with van der Waals surface area (Å²) in [5.74, 6) is 0.904. The van der Waals surface area contributed by atoms with Crippen LogP contribution in [0, 0.1) is 0 Å². The molecular formula is C25H20BrN5O4S. The molecule has 1 unspecified atom stereocenters. The van der Waals surface area contributed by atoms with E-state index in [1.165, 1.54) is 11.3 Å². The standard InChI is InChI=1S/C25H20BrN5O4S/c26-17-7-4-8-18(13-17)27-24(33)28-19(11-15-5-2-1-3-6-15)22(32)29-25-31-30-23(36-25)16-9-10-20-21(12-16)35-14-34-20/h1-10,12-13,19H,11,14H2,(H2,27,28,33)(H,29,31,32). The van der Waals surface area contributed by atoms with Crippen LogP contribution in [-0.2, 0) is 11.2 Å². The Morgan fingerprint density at radius 2 is 1.78 bits per heavy atom. The maximum atomic E-state index is 13.2. The van der Waals surface area contributed by atoms with E-state index in [0.29, 0.717) is 33.7 Å². The van der Waals surface area contributed by atoms with E-state index in [0.717, 1.165) is 15.6 Å². The quantitative estimate of drug-likeness (QED) is 0.288. The molecule has 11 heteroatoms. The maximum Gasteiger partial charge on any atom is 0.319 e. The van der Waals surface area contributed by atoms with E-state index in [2.05, 4.69) is 42.1 Å². The molecule has 0 spiro atoms. The minimum atomic E-state index is -0.850. The molecule has 1 aliphatic rings. The van der Waals surface area contributed by atoms with Gasteiger partial charge in [-0.1, -0.05) is 63.7 Å². The van der Waals surface area contributed by atoms with Crippen molar-refractivity contribution in [2.24, 2.45) is 0 Å². The van der Waals surface area contributed by atoms with Crippen molar-refractivity contribution in [3.05, 3.63) is 82.8 Å². The van der Waals surface area contributed by atoms with Gasteiger partial charge in [-0.2, -0.15) is 0 Å². The number of hydrogen-bond donors (Lipinski definition) is 3. The lowest BCUT2D eigenvalue weighted by Crippen LogP contribution is -2.46. The lowest BCUT2D eigenvalue weighted by molar-refractivity contribution is -0.117. The first kappa shape index (κ1) is 23.8. The van der Waals surface area contributed by atoms with Gasteiger partial charge < -0.3 is 20.1 Å². The molecule has 1 aliphatic heterocycles. The van der Waals surface area contributed by atoms with Crippen LogP contribution in [0.15, 0.2) is 77.3 Å². The number of aromatic nitrogens is 2. The molecule has 0 fully saturated rings. The van der Waals surface area contributed by atoms with E-state index in [1.807, 2.05) is 48.5 Å². The number of halogens is 1. The highest BCUT2D eigenvalue weighted by molar-refractivity contribution is 9.10. The van der Waals surface area contributed by atoms with Crippen LogP contribution in [0.1, 0.15) is 5.56 Å². The van der Waals surface area contributed by atoms with Gasteiger partial charge in [0, 0.05) is 22.1 Å². The van der Waals surface area contributed by atoms with Crippen LogP contribution in [0.3, 0.4) is 0 Å². The number of nitrogens with zero attached hydrogens (tertiary/aromatic N) is 2. The average Bonchev–Trinajstić information content (AvgIpc) is 3.53. The van der Waals surface area contributed by atoms with Gasteiger partial charge in [0.2, 0.25) is 17.8 Å². The third-order valence-electron chi connectivity index (χ3n) is 5.26.